The van der Waals surface area contributed by atoms with Crippen LogP contribution < -0.4 is 10.1 Å². The third-order valence-corrected chi connectivity index (χ3v) is 3.60. The van der Waals surface area contributed by atoms with Crippen LogP contribution in [0.25, 0.3) is 0 Å². The van der Waals surface area contributed by atoms with Gasteiger partial charge < -0.3 is 14.8 Å². The Morgan fingerprint density at radius 1 is 1.00 bits per heavy atom. The van der Waals surface area contributed by atoms with Crippen molar-refractivity contribution in [1.29, 1.82) is 0 Å². The minimum absolute atomic E-state index is 0.0497. The van der Waals surface area contributed by atoms with Crippen LogP contribution in [0.15, 0.2) is 54.6 Å². The lowest BCUT2D eigenvalue weighted by Crippen LogP contribution is -2.36. The Kier molecular flexibility index (Phi) is 6.91. The summed E-state index contributed by atoms with van der Waals surface area (Å²) in [6.45, 7) is 3.01. The van der Waals surface area contributed by atoms with Crippen molar-refractivity contribution in [3.8, 4) is 5.75 Å². The molecule has 0 bridgehead atoms. The second-order valence-corrected chi connectivity index (χ2v) is 5.70. The molecule has 6 nitrogen and oxygen atoms in total. The van der Waals surface area contributed by atoms with Gasteiger partial charge in [0, 0.05) is 12.1 Å². The molecule has 0 fully saturated rings. The van der Waals surface area contributed by atoms with Crippen LogP contribution in [0.1, 0.15) is 29.8 Å². The molecule has 1 amide bonds. The molecule has 0 radical (unpaired) electrons. The van der Waals surface area contributed by atoms with Crippen molar-refractivity contribution in [3.05, 3.63) is 65.7 Å². The van der Waals surface area contributed by atoms with Crippen molar-refractivity contribution < 1.29 is 23.9 Å². The molecule has 0 heterocycles. The summed E-state index contributed by atoms with van der Waals surface area (Å²) in [6.07, 6.45) is -0.921. The maximum absolute atomic E-state index is 12.0. The number of benzene rings is 2. The van der Waals surface area contributed by atoms with E-state index in [9.17, 15) is 14.4 Å². The summed E-state index contributed by atoms with van der Waals surface area (Å²) in [5.74, 6) is -0.643. The number of esters is 1. The van der Waals surface area contributed by atoms with E-state index >= 15 is 0 Å². The van der Waals surface area contributed by atoms with E-state index in [4.69, 9.17) is 9.47 Å². The fourth-order valence-corrected chi connectivity index (χ4v) is 2.14. The molecule has 0 aromatic heterocycles. The van der Waals surface area contributed by atoms with Gasteiger partial charge in [0.2, 0.25) is 0 Å². The zero-order valence-electron chi connectivity index (χ0n) is 14.7. The number of hydrogen-bond donors (Lipinski definition) is 1. The molecule has 0 aliphatic carbocycles. The summed E-state index contributed by atoms with van der Waals surface area (Å²) in [4.78, 5) is 35.0. The fraction of sp³-hybridized carbons (Fsp3) is 0.250. The van der Waals surface area contributed by atoms with Crippen LogP contribution in [0.4, 0.5) is 0 Å². The van der Waals surface area contributed by atoms with E-state index in [1.54, 1.807) is 24.3 Å². The number of Topliss-reactive ketones (excluding diaryl/α,β-unsaturated/α-hetero) is 1. The van der Waals surface area contributed by atoms with E-state index in [0.717, 1.165) is 5.56 Å². The van der Waals surface area contributed by atoms with Crippen molar-refractivity contribution in [1.82, 2.24) is 5.32 Å². The van der Waals surface area contributed by atoms with Gasteiger partial charge in [-0.25, -0.2) is 4.79 Å². The van der Waals surface area contributed by atoms with Gasteiger partial charge in [0.05, 0.1) is 0 Å². The van der Waals surface area contributed by atoms with Crippen molar-refractivity contribution in [2.75, 3.05) is 6.61 Å². The van der Waals surface area contributed by atoms with Crippen molar-refractivity contribution >= 4 is 17.7 Å². The summed E-state index contributed by atoms with van der Waals surface area (Å²) in [6, 6.07) is 15.9. The predicted octanol–water partition coefficient (Wildman–Crippen LogP) is 2.52. The zero-order chi connectivity index (χ0) is 18.9. The lowest BCUT2D eigenvalue weighted by Gasteiger charge is -2.14. The molecule has 1 atom stereocenters. The number of hydrogen-bond acceptors (Lipinski definition) is 5. The largest absolute Gasteiger partial charge is 0.482 e. The number of rotatable bonds is 8. The summed E-state index contributed by atoms with van der Waals surface area (Å²) in [5, 5.41) is 2.71. The van der Waals surface area contributed by atoms with Gasteiger partial charge in [-0.2, -0.15) is 0 Å². The van der Waals surface area contributed by atoms with Crippen LogP contribution in [-0.4, -0.2) is 30.4 Å². The van der Waals surface area contributed by atoms with Crippen LogP contribution in [0.5, 0.6) is 5.75 Å². The molecule has 0 aliphatic rings. The second kappa shape index (κ2) is 9.36. The van der Waals surface area contributed by atoms with E-state index in [-0.39, 0.29) is 18.3 Å². The molecule has 6 heteroatoms. The normalized spacial score (nSPS) is 11.3. The lowest BCUT2D eigenvalue weighted by molar-refractivity contribution is -0.156. The first-order valence-electron chi connectivity index (χ1n) is 8.20. The topological polar surface area (TPSA) is 81.7 Å². The second-order valence-electron chi connectivity index (χ2n) is 5.70. The summed E-state index contributed by atoms with van der Waals surface area (Å²) >= 11 is 0. The summed E-state index contributed by atoms with van der Waals surface area (Å²) in [7, 11) is 0. The number of carbonyl (C=O) groups is 3. The first kappa shape index (κ1) is 19.2. The van der Waals surface area contributed by atoms with E-state index in [1.807, 2.05) is 30.3 Å². The SMILES string of the molecule is CC(=O)c1ccc(OCC(=O)OC(C)C(=O)NCc2ccccc2)cc1. The van der Waals surface area contributed by atoms with Gasteiger partial charge in [0.25, 0.3) is 5.91 Å². The maximum Gasteiger partial charge on any atom is 0.344 e. The molecule has 0 spiro atoms. The Labute approximate surface area is 152 Å². The molecule has 0 aliphatic heterocycles. The Hall–Kier alpha value is -3.15. The highest BCUT2D eigenvalue weighted by Gasteiger charge is 2.17. The van der Waals surface area contributed by atoms with Gasteiger partial charge in [0.15, 0.2) is 18.5 Å². The third kappa shape index (κ3) is 6.05. The van der Waals surface area contributed by atoms with Gasteiger partial charge in [-0.3, -0.25) is 9.59 Å². The van der Waals surface area contributed by atoms with Crippen LogP contribution in [0.3, 0.4) is 0 Å². The van der Waals surface area contributed by atoms with Crippen molar-refractivity contribution in [2.45, 2.75) is 26.5 Å². The zero-order valence-corrected chi connectivity index (χ0v) is 14.7. The van der Waals surface area contributed by atoms with Crippen LogP contribution >= 0.6 is 0 Å². The van der Waals surface area contributed by atoms with Gasteiger partial charge >= 0.3 is 5.97 Å². The van der Waals surface area contributed by atoms with Gasteiger partial charge in [-0.1, -0.05) is 30.3 Å². The van der Waals surface area contributed by atoms with Crippen molar-refractivity contribution in [2.24, 2.45) is 0 Å². The molecule has 0 saturated heterocycles. The Balaban J connectivity index is 1.73. The molecular formula is C20H21NO5. The number of amides is 1. The molecule has 1 unspecified atom stereocenters. The molecular weight excluding hydrogens is 334 g/mol. The average molecular weight is 355 g/mol. The molecule has 2 aromatic rings. The van der Waals surface area contributed by atoms with Crippen molar-refractivity contribution in [3.63, 3.8) is 0 Å². The van der Waals surface area contributed by atoms with E-state index in [1.165, 1.54) is 13.8 Å². The average Bonchev–Trinajstić information content (AvgIpc) is 2.65. The highest BCUT2D eigenvalue weighted by Crippen LogP contribution is 2.12. The number of carbonyl (C=O) groups excluding carboxylic acids is 3. The van der Waals surface area contributed by atoms with Gasteiger partial charge in [-0.05, 0) is 43.7 Å². The number of ketones is 1. The van der Waals surface area contributed by atoms with E-state index < -0.39 is 12.1 Å². The first-order valence-corrected chi connectivity index (χ1v) is 8.20. The Bertz CT molecular complexity index is 756. The predicted molar refractivity (Wildman–Crippen MR) is 95.8 cm³/mol. The monoisotopic (exact) mass is 355 g/mol. The van der Waals surface area contributed by atoms with E-state index in [0.29, 0.717) is 17.9 Å². The highest BCUT2D eigenvalue weighted by atomic mass is 16.6. The maximum atomic E-state index is 12.0. The Morgan fingerprint density at radius 3 is 2.27 bits per heavy atom. The lowest BCUT2D eigenvalue weighted by atomic mass is 10.1. The first-order chi connectivity index (χ1) is 12.5. The fourth-order valence-electron chi connectivity index (χ4n) is 2.14. The molecule has 136 valence electrons. The molecule has 26 heavy (non-hydrogen) atoms. The van der Waals surface area contributed by atoms with Crippen LogP contribution in [0, 0.1) is 0 Å². The quantitative estimate of drug-likeness (QED) is 0.581. The third-order valence-electron chi connectivity index (χ3n) is 3.60. The van der Waals surface area contributed by atoms with Crippen LogP contribution in [0.2, 0.25) is 0 Å². The summed E-state index contributed by atoms with van der Waals surface area (Å²) < 4.78 is 10.3. The standard InChI is InChI=1S/C20H21NO5/c1-14(22)17-8-10-18(11-9-17)25-13-19(23)26-15(2)20(24)21-12-16-6-4-3-5-7-16/h3-11,15H,12-13H2,1-2H3,(H,21,24). The molecule has 0 saturated carbocycles. The van der Waals surface area contributed by atoms with E-state index in [2.05, 4.69) is 5.32 Å². The van der Waals surface area contributed by atoms with Crippen LogP contribution in [-0.2, 0) is 20.9 Å². The minimum Gasteiger partial charge on any atom is -0.482 e. The summed E-state index contributed by atoms with van der Waals surface area (Å²) in [5.41, 5.74) is 1.51. The smallest absolute Gasteiger partial charge is 0.344 e. The minimum atomic E-state index is -0.921. The van der Waals surface area contributed by atoms with Gasteiger partial charge in [-0.15, -0.1) is 0 Å². The number of ether oxygens (including phenoxy) is 2. The number of nitrogens with one attached hydrogen (secondary N) is 1. The molecule has 2 aromatic carbocycles. The Morgan fingerprint density at radius 2 is 1.65 bits per heavy atom. The highest BCUT2D eigenvalue weighted by molar-refractivity contribution is 5.94. The van der Waals surface area contributed by atoms with Gasteiger partial charge in [0.1, 0.15) is 5.75 Å². The molecule has 2 rings (SSSR count). The molecule has 1 N–H and O–H groups in total.